The van der Waals surface area contributed by atoms with Crippen molar-refractivity contribution in [1.29, 1.82) is 0 Å². The van der Waals surface area contributed by atoms with Gasteiger partial charge in [0.2, 0.25) is 0 Å². The van der Waals surface area contributed by atoms with Crippen molar-refractivity contribution in [2.24, 2.45) is 0 Å². The molecule has 0 radical (unpaired) electrons. The summed E-state index contributed by atoms with van der Waals surface area (Å²) in [7, 11) is -3.92. The van der Waals surface area contributed by atoms with Crippen LogP contribution in [0.15, 0.2) is 0 Å². The fourth-order valence-electron chi connectivity index (χ4n) is 3.64. The van der Waals surface area contributed by atoms with Crippen LogP contribution in [-0.2, 0) is 10.1 Å². The lowest BCUT2D eigenvalue weighted by molar-refractivity contribution is 0.147. The first-order valence-electron chi connectivity index (χ1n) is 11.6. The minimum Gasteiger partial charge on any atom is -0.393 e. The first-order valence-corrected chi connectivity index (χ1v) is 13.1. The van der Waals surface area contributed by atoms with Gasteiger partial charge in [0.05, 0.1) is 11.4 Å². The molecule has 0 fully saturated rings. The lowest BCUT2D eigenvalue weighted by atomic mass is 10.0. The molecule has 4 nitrogen and oxygen atoms in total. The molecule has 0 spiro atoms. The highest BCUT2D eigenvalue weighted by Crippen LogP contribution is 2.18. The van der Waals surface area contributed by atoms with Crippen LogP contribution in [0, 0.1) is 0 Å². The van der Waals surface area contributed by atoms with Crippen LogP contribution in [0.5, 0.6) is 0 Å². The number of unbranched alkanes of at least 4 members (excludes halogenated alkanes) is 11. The van der Waals surface area contributed by atoms with Gasteiger partial charge in [-0.15, -0.1) is 0 Å². The molecule has 0 saturated carbocycles. The Morgan fingerprint density at radius 1 is 0.593 bits per heavy atom. The maximum absolute atomic E-state index is 11.4. The number of rotatable bonds is 20. The minimum absolute atomic E-state index is 0.216. The average molecular weight is 407 g/mol. The van der Waals surface area contributed by atoms with Crippen LogP contribution < -0.4 is 0 Å². The molecule has 164 valence electrons. The Balaban J connectivity index is 3.56. The summed E-state index contributed by atoms with van der Waals surface area (Å²) in [4.78, 5) is 0. The molecule has 0 heterocycles. The van der Waals surface area contributed by atoms with E-state index in [1.54, 1.807) is 0 Å². The van der Waals surface area contributed by atoms with Crippen LogP contribution in [0.25, 0.3) is 0 Å². The molecule has 0 aliphatic rings. The Bertz CT molecular complexity index is 409. The monoisotopic (exact) mass is 406 g/mol. The van der Waals surface area contributed by atoms with Crippen LogP contribution in [0.1, 0.15) is 129 Å². The van der Waals surface area contributed by atoms with Gasteiger partial charge in [0, 0.05) is 0 Å². The molecule has 27 heavy (non-hydrogen) atoms. The van der Waals surface area contributed by atoms with Crippen LogP contribution in [0.4, 0.5) is 0 Å². The average Bonchev–Trinajstić information content (AvgIpc) is 2.61. The number of aliphatic hydroxyl groups excluding tert-OH is 1. The van der Waals surface area contributed by atoms with Gasteiger partial charge in [0.1, 0.15) is 0 Å². The third kappa shape index (κ3) is 17.7. The zero-order valence-electron chi connectivity index (χ0n) is 18.0. The molecule has 0 aromatic heterocycles. The first kappa shape index (κ1) is 26.9. The van der Waals surface area contributed by atoms with Gasteiger partial charge in [-0.25, -0.2) is 0 Å². The van der Waals surface area contributed by atoms with Crippen molar-refractivity contribution in [3.05, 3.63) is 0 Å². The normalized spacial score (nSPS) is 14.4. The van der Waals surface area contributed by atoms with Crippen molar-refractivity contribution in [3.8, 4) is 0 Å². The number of aliphatic hydroxyl groups is 1. The second-order valence-corrected chi connectivity index (χ2v) is 9.88. The van der Waals surface area contributed by atoms with Crippen molar-refractivity contribution in [1.82, 2.24) is 0 Å². The van der Waals surface area contributed by atoms with E-state index < -0.39 is 15.4 Å². The van der Waals surface area contributed by atoms with Gasteiger partial charge >= 0.3 is 0 Å². The van der Waals surface area contributed by atoms with Gasteiger partial charge in [-0.1, -0.05) is 104 Å². The molecular weight excluding hydrogens is 360 g/mol. The van der Waals surface area contributed by atoms with E-state index in [-0.39, 0.29) is 6.10 Å². The quantitative estimate of drug-likeness (QED) is 0.175. The third-order valence-electron chi connectivity index (χ3n) is 5.51. The molecule has 5 heteroatoms. The summed E-state index contributed by atoms with van der Waals surface area (Å²) in [5, 5.41) is 9.46. The molecule has 0 aliphatic carbocycles. The zero-order chi connectivity index (χ0) is 20.4. The van der Waals surface area contributed by atoms with Gasteiger partial charge in [-0.2, -0.15) is 8.42 Å². The molecule has 0 rings (SSSR count). The Hall–Kier alpha value is -0.130. The van der Waals surface area contributed by atoms with Crippen molar-refractivity contribution in [2.75, 3.05) is 0 Å². The Morgan fingerprint density at radius 2 is 0.963 bits per heavy atom. The lowest BCUT2D eigenvalue weighted by Gasteiger charge is -2.14. The van der Waals surface area contributed by atoms with E-state index in [1.807, 2.05) is 6.92 Å². The van der Waals surface area contributed by atoms with Crippen LogP contribution in [0.3, 0.4) is 0 Å². The highest BCUT2D eigenvalue weighted by molar-refractivity contribution is 7.86. The van der Waals surface area contributed by atoms with Gasteiger partial charge < -0.3 is 5.11 Å². The maximum Gasteiger partial charge on any atom is 0.267 e. The molecule has 0 aromatic rings. The fourth-order valence-corrected chi connectivity index (χ4v) is 4.57. The second kappa shape index (κ2) is 17.9. The van der Waals surface area contributed by atoms with Crippen molar-refractivity contribution < 1.29 is 18.1 Å². The summed E-state index contributed by atoms with van der Waals surface area (Å²) < 4.78 is 32.1. The summed E-state index contributed by atoms with van der Waals surface area (Å²) in [6.45, 7) is 4.27. The molecular formula is C22H46O4S. The highest BCUT2D eigenvalue weighted by atomic mass is 32.2. The summed E-state index contributed by atoms with van der Waals surface area (Å²) in [6.07, 6.45) is 18.7. The standard InChI is InChI=1S/C22H46O4S/c1-3-5-7-8-9-10-11-12-14-17-21(23)18-15-13-16-20-22(19-6-4-2)27(24,25)26/h21-23H,3-20H2,1-2H3,(H,24,25,26). The smallest absolute Gasteiger partial charge is 0.267 e. The van der Waals surface area contributed by atoms with Gasteiger partial charge in [-0.3, -0.25) is 4.55 Å². The van der Waals surface area contributed by atoms with E-state index in [9.17, 15) is 18.1 Å². The molecule has 0 bridgehead atoms. The Labute approximate surface area is 169 Å². The van der Waals surface area contributed by atoms with Crippen molar-refractivity contribution in [2.45, 2.75) is 141 Å². The molecule has 2 atom stereocenters. The first-order chi connectivity index (χ1) is 12.9. The van der Waals surface area contributed by atoms with E-state index in [4.69, 9.17) is 0 Å². The predicted octanol–water partition coefficient (Wildman–Crippen LogP) is 6.67. The van der Waals surface area contributed by atoms with Crippen LogP contribution in [-0.4, -0.2) is 29.4 Å². The number of hydrogen-bond acceptors (Lipinski definition) is 3. The summed E-state index contributed by atoms with van der Waals surface area (Å²) in [5.41, 5.74) is 0. The van der Waals surface area contributed by atoms with Crippen molar-refractivity contribution in [3.63, 3.8) is 0 Å². The Kier molecular flexibility index (Phi) is 17.8. The minimum atomic E-state index is -3.92. The SMILES string of the molecule is CCCCCCCCCCCC(O)CCCCCC(CCCC)S(=O)(=O)O. The van der Waals surface area contributed by atoms with E-state index in [0.29, 0.717) is 12.8 Å². The topological polar surface area (TPSA) is 74.6 Å². The second-order valence-electron chi connectivity index (χ2n) is 8.19. The van der Waals surface area contributed by atoms with Gasteiger partial charge in [0.25, 0.3) is 10.1 Å². The van der Waals surface area contributed by atoms with Crippen LogP contribution in [0.2, 0.25) is 0 Å². The zero-order valence-corrected chi connectivity index (χ0v) is 18.8. The molecule has 0 aromatic carbocycles. The Morgan fingerprint density at radius 3 is 1.44 bits per heavy atom. The predicted molar refractivity (Wildman–Crippen MR) is 116 cm³/mol. The van der Waals surface area contributed by atoms with E-state index >= 15 is 0 Å². The number of hydrogen-bond donors (Lipinski definition) is 2. The molecule has 0 aliphatic heterocycles. The largest absolute Gasteiger partial charge is 0.393 e. The van der Waals surface area contributed by atoms with Gasteiger partial charge in [0.15, 0.2) is 0 Å². The van der Waals surface area contributed by atoms with E-state index in [2.05, 4.69) is 6.92 Å². The highest BCUT2D eigenvalue weighted by Gasteiger charge is 2.21. The van der Waals surface area contributed by atoms with Crippen LogP contribution >= 0.6 is 0 Å². The van der Waals surface area contributed by atoms with Crippen molar-refractivity contribution >= 4 is 10.1 Å². The van der Waals surface area contributed by atoms with E-state index in [0.717, 1.165) is 51.4 Å². The molecule has 2 unspecified atom stereocenters. The summed E-state index contributed by atoms with van der Waals surface area (Å²) in [5.74, 6) is 0. The fraction of sp³-hybridized carbons (Fsp3) is 1.00. The van der Waals surface area contributed by atoms with Gasteiger partial charge in [-0.05, 0) is 25.7 Å². The summed E-state index contributed by atoms with van der Waals surface area (Å²) >= 11 is 0. The lowest BCUT2D eigenvalue weighted by Crippen LogP contribution is -2.20. The summed E-state index contributed by atoms with van der Waals surface area (Å²) in [6, 6.07) is 0. The maximum atomic E-state index is 11.4. The molecule has 0 amide bonds. The van der Waals surface area contributed by atoms with E-state index in [1.165, 1.54) is 51.4 Å². The molecule has 0 saturated heterocycles. The third-order valence-corrected chi connectivity index (χ3v) is 6.82. The molecule has 2 N–H and O–H groups in total.